The maximum atomic E-state index is 12.7. The van der Waals surface area contributed by atoms with Crippen LogP contribution in [0.3, 0.4) is 0 Å². The largest absolute Gasteiger partial charge is 0.481 e. The number of amides is 1. The Morgan fingerprint density at radius 3 is 2.65 bits per heavy atom. The second-order valence-corrected chi connectivity index (χ2v) is 6.16. The van der Waals surface area contributed by atoms with Gasteiger partial charge >= 0.3 is 12.1 Å². The topological polar surface area (TPSA) is 57.6 Å². The lowest BCUT2D eigenvalue weighted by molar-refractivity contribution is -0.153. The van der Waals surface area contributed by atoms with Crippen LogP contribution in [0.4, 0.5) is 13.2 Å². The number of rotatable bonds is 3. The fourth-order valence-electron chi connectivity index (χ4n) is 2.77. The average molecular weight is 329 g/mol. The molecule has 1 amide bonds. The summed E-state index contributed by atoms with van der Waals surface area (Å²) in [6.07, 6.45) is -3.57. The normalized spacial score (nSPS) is 22.0. The Morgan fingerprint density at radius 1 is 1.35 bits per heavy atom. The van der Waals surface area contributed by atoms with Crippen LogP contribution in [-0.2, 0) is 22.2 Å². The fraction of sp³-hybridized carbons (Fsp3) is 0.500. The van der Waals surface area contributed by atoms with Crippen LogP contribution >= 0.6 is 0 Å². The molecule has 1 heterocycles. The third kappa shape index (κ3) is 4.03. The van der Waals surface area contributed by atoms with Crippen molar-refractivity contribution in [1.82, 2.24) is 4.90 Å². The molecule has 23 heavy (non-hydrogen) atoms. The monoisotopic (exact) mass is 329 g/mol. The van der Waals surface area contributed by atoms with Crippen molar-refractivity contribution < 1.29 is 27.9 Å². The van der Waals surface area contributed by atoms with Gasteiger partial charge < -0.3 is 10.0 Å². The summed E-state index contributed by atoms with van der Waals surface area (Å²) in [5, 5.41) is 9.25. The smallest absolute Gasteiger partial charge is 0.416 e. The SMILES string of the molecule is CC1(C(=O)O)CCCN(C(=O)Cc2cccc(C(F)(F)F)c2)C1. The van der Waals surface area contributed by atoms with Gasteiger partial charge in [-0.1, -0.05) is 18.2 Å². The average Bonchev–Trinajstić information content (AvgIpc) is 2.46. The molecule has 1 fully saturated rings. The number of alkyl halides is 3. The van der Waals surface area contributed by atoms with E-state index in [2.05, 4.69) is 0 Å². The zero-order valence-electron chi connectivity index (χ0n) is 12.7. The van der Waals surface area contributed by atoms with E-state index < -0.39 is 23.1 Å². The van der Waals surface area contributed by atoms with Crippen molar-refractivity contribution >= 4 is 11.9 Å². The van der Waals surface area contributed by atoms with Gasteiger partial charge in [0.2, 0.25) is 5.91 Å². The molecule has 0 bridgehead atoms. The number of aliphatic carboxylic acids is 1. The molecule has 1 atom stereocenters. The lowest BCUT2D eigenvalue weighted by atomic mass is 9.82. The van der Waals surface area contributed by atoms with Gasteiger partial charge in [0.25, 0.3) is 0 Å². The molecule has 1 N–H and O–H groups in total. The van der Waals surface area contributed by atoms with E-state index in [1.807, 2.05) is 0 Å². The maximum Gasteiger partial charge on any atom is 0.416 e. The molecule has 1 aromatic rings. The minimum Gasteiger partial charge on any atom is -0.481 e. The molecule has 0 aromatic heterocycles. The van der Waals surface area contributed by atoms with Crippen LogP contribution in [-0.4, -0.2) is 35.0 Å². The molecule has 126 valence electrons. The fourth-order valence-corrected chi connectivity index (χ4v) is 2.77. The van der Waals surface area contributed by atoms with Crippen LogP contribution in [0.5, 0.6) is 0 Å². The molecular formula is C16H18F3NO3. The van der Waals surface area contributed by atoms with E-state index in [1.54, 1.807) is 6.92 Å². The number of halogens is 3. The summed E-state index contributed by atoms with van der Waals surface area (Å²) < 4.78 is 38.1. The Kier molecular flexibility index (Phi) is 4.68. The third-order valence-electron chi connectivity index (χ3n) is 4.18. The van der Waals surface area contributed by atoms with Crippen LogP contribution in [0.15, 0.2) is 24.3 Å². The highest BCUT2D eigenvalue weighted by Crippen LogP contribution is 2.31. The van der Waals surface area contributed by atoms with Gasteiger partial charge in [0, 0.05) is 13.1 Å². The van der Waals surface area contributed by atoms with E-state index in [-0.39, 0.29) is 24.4 Å². The van der Waals surface area contributed by atoms with E-state index in [0.717, 1.165) is 12.1 Å². The number of nitrogens with zero attached hydrogens (tertiary/aromatic N) is 1. The molecule has 1 saturated heterocycles. The van der Waals surface area contributed by atoms with E-state index in [4.69, 9.17) is 0 Å². The molecular weight excluding hydrogens is 311 g/mol. The lowest BCUT2D eigenvalue weighted by Crippen LogP contribution is -2.48. The number of piperidine rings is 1. The Hall–Kier alpha value is -2.05. The third-order valence-corrected chi connectivity index (χ3v) is 4.18. The van der Waals surface area contributed by atoms with Gasteiger partial charge in [0.05, 0.1) is 17.4 Å². The minimum absolute atomic E-state index is 0.0835. The van der Waals surface area contributed by atoms with Crippen molar-refractivity contribution in [3.05, 3.63) is 35.4 Å². The first-order valence-electron chi connectivity index (χ1n) is 7.29. The van der Waals surface area contributed by atoms with Gasteiger partial charge in [0.1, 0.15) is 0 Å². The molecule has 0 aliphatic carbocycles. The summed E-state index contributed by atoms with van der Waals surface area (Å²) in [6, 6.07) is 4.64. The first-order chi connectivity index (χ1) is 10.6. The number of likely N-dealkylation sites (tertiary alicyclic amines) is 1. The number of carbonyl (C=O) groups is 2. The molecule has 2 rings (SSSR count). The molecule has 0 spiro atoms. The van der Waals surface area contributed by atoms with Crippen molar-refractivity contribution in [2.45, 2.75) is 32.4 Å². The van der Waals surface area contributed by atoms with E-state index >= 15 is 0 Å². The first-order valence-corrected chi connectivity index (χ1v) is 7.29. The highest BCUT2D eigenvalue weighted by Gasteiger charge is 2.39. The molecule has 1 aliphatic rings. The molecule has 4 nitrogen and oxygen atoms in total. The summed E-state index contributed by atoms with van der Waals surface area (Å²) in [4.78, 5) is 25.0. The molecule has 1 aromatic carbocycles. The van der Waals surface area contributed by atoms with Crippen molar-refractivity contribution in [2.75, 3.05) is 13.1 Å². The minimum atomic E-state index is -4.45. The van der Waals surface area contributed by atoms with Crippen molar-refractivity contribution in [2.24, 2.45) is 5.41 Å². The number of hydrogen-bond donors (Lipinski definition) is 1. The van der Waals surface area contributed by atoms with Gasteiger partial charge in [-0.3, -0.25) is 9.59 Å². The van der Waals surface area contributed by atoms with Crippen LogP contribution in [0.1, 0.15) is 30.9 Å². The first kappa shape index (κ1) is 17.3. The Balaban J connectivity index is 2.09. The number of carbonyl (C=O) groups excluding carboxylic acids is 1. The molecule has 1 aliphatic heterocycles. The van der Waals surface area contributed by atoms with Crippen molar-refractivity contribution in [3.8, 4) is 0 Å². The van der Waals surface area contributed by atoms with E-state index in [0.29, 0.717) is 19.4 Å². The van der Waals surface area contributed by atoms with Crippen LogP contribution in [0, 0.1) is 5.41 Å². The predicted molar refractivity (Wildman–Crippen MR) is 76.7 cm³/mol. The summed E-state index contributed by atoms with van der Waals surface area (Å²) in [5.74, 6) is -1.31. The molecule has 0 radical (unpaired) electrons. The Bertz CT molecular complexity index is 615. The van der Waals surface area contributed by atoms with E-state index in [1.165, 1.54) is 17.0 Å². The summed E-state index contributed by atoms with van der Waals surface area (Å²) in [7, 11) is 0. The number of carboxylic acid groups (broad SMARTS) is 1. The number of benzene rings is 1. The number of carboxylic acids is 1. The van der Waals surface area contributed by atoms with Crippen LogP contribution in [0.2, 0.25) is 0 Å². The van der Waals surface area contributed by atoms with Gasteiger partial charge in [-0.05, 0) is 31.4 Å². The lowest BCUT2D eigenvalue weighted by Gasteiger charge is -2.37. The predicted octanol–water partition coefficient (Wildman–Crippen LogP) is 2.96. The van der Waals surface area contributed by atoms with Crippen molar-refractivity contribution in [3.63, 3.8) is 0 Å². The molecule has 7 heteroatoms. The van der Waals surface area contributed by atoms with E-state index in [9.17, 15) is 27.9 Å². The van der Waals surface area contributed by atoms with Crippen molar-refractivity contribution in [1.29, 1.82) is 0 Å². The standard InChI is InChI=1S/C16H18F3NO3/c1-15(14(22)23)6-3-7-20(10-15)13(21)9-11-4-2-5-12(8-11)16(17,18)19/h2,4-5,8H,3,6-7,9-10H2,1H3,(H,22,23). The summed E-state index contributed by atoms with van der Waals surface area (Å²) >= 11 is 0. The quantitative estimate of drug-likeness (QED) is 0.927. The van der Waals surface area contributed by atoms with Crippen LogP contribution < -0.4 is 0 Å². The van der Waals surface area contributed by atoms with Gasteiger partial charge in [-0.15, -0.1) is 0 Å². The van der Waals surface area contributed by atoms with Crippen LogP contribution in [0.25, 0.3) is 0 Å². The van der Waals surface area contributed by atoms with Gasteiger partial charge in [0.15, 0.2) is 0 Å². The Labute approximate surface area is 131 Å². The second-order valence-electron chi connectivity index (χ2n) is 6.16. The summed E-state index contributed by atoms with van der Waals surface area (Å²) in [5.41, 5.74) is -1.52. The second kappa shape index (κ2) is 6.22. The zero-order valence-corrected chi connectivity index (χ0v) is 12.7. The Morgan fingerprint density at radius 2 is 2.04 bits per heavy atom. The summed E-state index contributed by atoms with van der Waals surface area (Å²) in [6.45, 7) is 2.10. The zero-order chi connectivity index (χ0) is 17.3. The number of hydrogen-bond acceptors (Lipinski definition) is 2. The highest BCUT2D eigenvalue weighted by atomic mass is 19.4. The maximum absolute atomic E-state index is 12.7. The molecule has 0 saturated carbocycles. The highest BCUT2D eigenvalue weighted by molar-refractivity contribution is 5.81. The van der Waals surface area contributed by atoms with Gasteiger partial charge in [-0.2, -0.15) is 13.2 Å². The molecule has 1 unspecified atom stereocenters. The van der Waals surface area contributed by atoms with Gasteiger partial charge in [-0.25, -0.2) is 0 Å².